The van der Waals surface area contributed by atoms with Crippen molar-refractivity contribution in [3.63, 3.8) is 0 Å². The Hall–Kier alpha value is -3.30. The minimum absolute atomic E-state index is 0.234. The Bertz CT molecular complexity index is 830. The monoisotopic (exact) mass is 402 g/mol. The maximum atomic E-state index is 12.1. The first kappa shape index (κ1) is 20.4. The number of ether oxygens (including phenoxy) is 2. The van der Waals surface area contributed by atoms with Gasteiger partial charge in [-0.05, 0) is 50.3 Å². The average Bonchev–Trinajstić information content (AvgIpc) is 2.67. The molecule has 0 atom stereocenters. The first-order valence-electron chi connectivity index (χ1n) is 9.61. The molecule has 29 heavy (non-hydrogen) atoms. The van der Waals surface area contributed by atoms with Gasteiger partial charge in [-0.2, -0.15) is 0 Å². The first-order valence-corrected chi connectivity index (χ1v) is 9.61. The second kappa shape index (κ2) is 8.80. The van der Waals surface area contributed by atoms with Crippen LogP contribution in [0.15, 0.2) is 34.3 Å². The molecule has 1 saturated carbocycles. The van der Waals surface area contributed by atoms with Crippen molar-refractivity contribution in [2.75, 3.05) is 11.9 Å². The summed E-state index contributed by atoms with van der Waals surface area (Å²) in [6.45, 7) is 2.31. The molecule has 1 heterocycles. The number of carbonyl (C=O) groups excluding carboxylic acids is 2. The zero-order valence-electron chi connectivity index (χ0n) is 16.3. The van der Waals surface area contributed by atoms with Crippen LogP contribution in [0.1, 0.15) is 49.4 Å². The lowest BCUT2D eigenvalue weighted by atomic mass is 9.87. The molecule has 1 spiro atoms. The summed E-state index contributed by atoms with van der Waals surface area (Å²) in [6.07, 6.45) is 2.08. The van der Waals surface area contributed by atoms with Gasteiger partial charge in [0.25, 0.3) is 0 Å². The number of esters is 1. The number of nitrogens with zero attached hydrogens (tertiary/aromatic N) is 2. The van der Waals surface area contributed by atoms with E-state index in [4.69, 9.17) is 25.9 Å². The van der Waals surface area contributed by atoms with Gasteiger partial charge in [0, 0.05) is 5.69 Å². The minimum Gasteiger partial charge on any atom is -0.462 e. The Morgan fingerprint density at radius 1 is 1.31 bits per heavy atom. The van der Waals surface area contributed by atoms with Gasteiger partial charge in [-0.15, -0.1) is 0 Å². The van der Waals surface area contributed by atoms with Crippen LogP contribution in [0.25, 0.3) is 0 Å². The van der Waals surface area contributed by atoms with Gasteiger partial charge in [0.15, 0.2) is 11.6 Å². The fraction of sp³-hybridized carbons (Fsp3) is 0.474. The Balaban J connectivity index is 1.70. The van der Waals surface area contributed by atoms with Gasteiger partial charge in [-0.3, -0.25) is 5.32 Å². The van der Waals surface area contributed by atoms with Crippen molar-refractivity contribution >= 4 is 29.7 Å². The number of benzene rings is 1. The number of primary amides is 1. The highest BCUT2D eigenvalue weighted by molar-refractivity contribution is 6.06. The molecule has 1 aromatic rings. The molecule has 0 radical (unpaired) electrons. The summed E-state index contributed by atoms with van der Waals surface area (Å²) >= 11 is 0. The molecular weight excluding hydrogens is 376 g/mol. The van der Waals surface area contributed by atoms with Crippen LogP contribution in [-0.2, 0) is 9.47 Å². The number of carbonyl (C=O) groups is 2. The van der Waals surface area contributed by atoms with Gasteiger partial charge in [-0.1, -0.05) is 13.0 Å². The molecule has 1 aliphatic carbocycles. The van der Waals surface area contributed by atoms with E-state index in [2.05, 4.69) is 15.6 Å². The Labute approximate surface area is 168 Å². The standard InChI is InChI=1S/C19H26N6O4/c1-2-10-28-15(26)12-4-3-5-13(11-12)22-18-23-16(20)24-19(25-18)8-6-14(7-9-19)29-17(21)27/h3-5,11,14H,2,6-10H2,1H3,(H2,21,27)(H4,20,22,23,24,25). The van der Waals surface area contributed by atoms with Crippen molar-refractivity contribution in [3.8, 4) is 0 Å². The van der Waals surface area contributed by atoms with E-state index in [9.17, 15) is 9.59 Å². The van der Waals surface area contributed by atoms with Crippen LogP contribution in [0.5, 0.6) is 0 Å². The van der Waals surface area contributed by atoms with E-state index >= 15 is 0 Å². The predicted molar refractivity (Wildman–Crippen MR) is 108 cm³/mol. The molecule has 0 aromatic heterocycles. The summed E-state index contributed by atoms with van der Waals surface area (Å²) in [7, 11) is 0. The third-order valence-corrected chi connectivity index (χ3v) is 4.71. The van der Waals surface area contributed by atoms with Crippen molar-refractivity contribution in [1.82, 2.24) is 5.32 Å². The fourth-order valence-electron chi connectivity index (χ4n) is 3.39. The number of hydrogen-bond acceptors (Lipinski definition) is 9. The Morgan fingerprint density at radius 3 is 2.76 bits per heavy atom. The maximum Gasteiger partial charge on any atom is 0.404 e. The van der Waals surface area contributed by atoms with Gasteiger partial charge in [-0.25, -0.2) is 19.6 Å². The highest BCUT2D eigenvalue weighted by atomic mass is 16.6. The lowest BCUT2D eigenvalue weighted by molar-refractivity contribution is 0.0505. The van der Waals surface area contributed by atoms with E-state index in [1.165, 1.54) is 0 Å². The van der Waals surface area contributed by atoms with Crippen molar-refractivity contribution in [2.45, 2.75) is 50.8 Å². The van der Waals surface area contributed by atoms with Gasteiger partial charge < -0.3 is 26.3 Å². The van der Waals surface area contributed by atoms with Gasteiger partial charge in [0.2, 0.25) is 5.96 Å². The molecule has 1 fully saturated rings. The summed E-state index contributed by atoms with van der Waals surface area (Å²) in [4.78, 5) is 32.2. The number of hydrogen-bond donors (Lipinski definition) is 4. The molecule has 2 aliphatic rings. The van der Waals surface area contributed by atoms with Crippen molar-refractivity contribution in [2.24, 2.45) is 21.5 Å². The minimum atomic E-state index is -0.775. The molecule has 6 N–H and O–H groups in total. The molecule has 10 nitrogen and oxygen atoms in total. The van der Waals surface area contributed by atoms with Crippen LogP contribution in [0.3, 0.4) is 0 Å². The van der Waals surface area contributed by atoms with E-state index in [-0.39, 0.29) is 18.0 Å². The fourth-order valence-corrected chi connectivity index (χ4v) is 3.39. The number of guanidine groups is 2. The quantitative estimate of drug-likeness (QED) is 0.546. The second-order valence-corrected chi connectivity index (χ2v) is 7.04. The van der Waals surface area contributed by atoms with Crippen LogP contribution >= 0.6 is 0 Å². The number of nitrogens with one attached hydrogen (secondary N) is 2. The average molecular weight is 402 g/mol. The molecule has 1 aliphatic heterocycles. The van der Waals surface area contributed by atoms with Crippen LogP contribution < -0.4 is 22.1 Å². The number of rotatable bonds is 5. The normalized spacial score (nSPS) is 23.4. The van der Waals surface area contributed by atoms with Crippen LogP contribution in [-0.4, -0.2) is 42.4 Å². The highest BCUT2D eigenvalue weighted by Gasteiger charge is 2.38. The van der Waals surface area contributed by atoms with Gasteiger partial charge >= 0.3 is 12.1 Å². The summed E-state index contributed by atoms with van der Waals surface area (Å²) < 4.78 is 10.2. The van der Waals surface area contributed by atoms with Crippen molar-refractivity contribution in [1.29, 1.82) is 0 Å². The zero-order valence-corrected chi connectivity index (χ0v) is 16.3. The molecular formula is C19H26N6O4. The summed E-state index contributed by atoms with van der Waals surface area (Å²) in [5.41, 5.74) is 11.5. The van der Waals surface area contributed by atoms with Crippen molar-refractivity contribution < 1.29 is 19.1 Å². The Kier molecular flexibility index (Phi) is 6.20. The van der Waals surface area contributed by atoms with E-state index in [1.807, 2.05) is 13.0 Å². The predicted octanol–water partition coefficient (Wildman–Crippen LogP) is 1.67. The summed E-state index contributed by atoms with van der Waals surface area (Å²) in [6, 6.07) is 6.95. The lowest BCUT2D eigenvalue weighted by Crippen LogP contribution is -2.50. The first-order chi connectivity index (χ1) is 13.9. The molecule has 1 aromatic carbocycles. The van der Waals surface area contributed by atoms with Gasteiger partial charge in [0.1, 0.15) is 6.10 Å². The summed E-state index contributed by atoms with van der Waals surface area (Å²) in [5.74, 6) is 0.306. The van der Waals surface area contributed by atoms with E-state index < -0.39 is 11.8 Å². The number of nitrogens with two attached hydrogens (primary N) is 2. The molecule has 0 unspecified atom stereocenters. The topological polar surface area (TPSA) is 153 Å². The summed E-state index contributed by atoms with van der Waals surface area (Å²) in [5, 5.41) is 6.05. The largest absolute Gasteiger partial charge is 0.462 e. The Morgan fingerprint density at radius 2 is 2.07 bits per heavy atom. The van der Waals surface area contributed by atoms with E-state index in [0.29, 0.717) is 49.5 Å². The lowest BCUT2D eigenvalue weighted by Gasteiger charge is -2.36. The smallest absolute Gasteiger partial charge is 0.404 e. The molecule has 156 valence electrons. The molecule has 1 amide bonds. The number of amides is 1. The maximum absolute atomic E-state index is 12.1. The third kappa shape index (κ3) is 5.37. The van der Waals surface area contributed by atoms with Crippen LogP contribution in [0.2, 0.25) is 0 Å². The molecule has 3 rings (SSSR count). The van der Waals surface area contributed by atoms with Gasteiger partial charge in [0.05, 0.1) is 12.2 Å². The second-order valence-electron chi connectivity index (χ2n) is 7.04. The third-order valence-electron chi connectivity index (χ3n) is 4.71. The molecule has 0 bridgehead atoms. The van der Waals surface area contributed by atoms with E-state index in [0.717, 1.165) is 6.42 Å². The highest BCUT2D eigenvalue weighted by Crippen LogP contribution is 2.35. The number of aliphatic imine (C=N–C) groups is 2. The van der Waals surface area contributed by atoms with Crippen LogP contribution in [0, 0.1) is 0 Å². The zero-order chi connectivity index (χ0) is 20.9. The van der Waals surface area contributed by atoms with Crippen molar-refractivity contribution in [3.05, 3.63) is 29.8 Å². The number of anilines is 1. The molecule has 10 heteroatoms. The SMILES string of the molecule is CCCOC(=O)c1cccc(NC2=NC3(CCC(OC(N)=O)CC3)N=C(N)N2)c1. The molecule has 0 saturated heterocycles. The van der Waals surface area contributed by atoms with E-state index in [1.54, 1.807) is 18.2 Å². The van der Waals surface area contributed by atoms with Crippen LogP contribution in [0.4, 0.5) is 10.5 Å².